The molecule has 1 atom stereocenters. The van der Waals surface area contributed by atoms with Crippen molar-refractivity contribution >= 4 is 8.60 Å². The highest BCUT2D eigenvalue weighted by atomic mass is 31.2. The minimum absolute atomic E-state index is 0.107. The summed E-state index contributed by atoms with van der Waals surface area (Å²) in [6.07, 6.45) is -0.824. The van der Waals surface area contributed by atoms with Gasteiger partial charge in [-0.3, -0.25) is 0 Å². The van der Waals surface area contributed by atoms with Crippen LogP contribution in [0.15, 0.2) is 18.2 Å². The van der Waals surface area contributed by atoms with Crippen molar-refractivity contribution in [3.63, 3.8) is 0 Å². The van der Waals surface area contributed by atoms with Gasteiger partial charge in [0.25, 0.3) is 0 Å². The van der Waals surface area contributed by atoms with Crippen molar-refractivity contribution in [2.75, 3.05) is 6.61 Å². The fraction of sp³-hybridized carbons (Fsp3) is 0.400. The third kappa shape index (κ3) is 3.52. The molecule has 0 saturated carbocycles. The van der Waals surface area contributed by atoms with E-state index in [0.29, 0.717) is 0 Å². The Bertz CT molecular complexity index is 307. The van der Waals surface area contributed by atoms with Crippen LogP contribution in [0.5, 0.6) is 0 Å². The van der Waals surface area contributed by atoms with E-state index in [1.165, 1.54) is 0 Å². The highest BCUT2D eigenvalue weighted by Crippen LogP contribution is 2.29. The van der Waals surface area contributed by atoms with E-state index < -0.39 is 14.7 Å². The van der Waals surface area contributed by atoms with Gasteiger partial charge in [0, 0.05) is 0 Å². The average Bonchev–Trinajstić information content (AvgIpc) is 2.14. The van der Waals surface area contributed by atoms with Crippen molar-refractivity contribution in [1.29, 1.82) is 0 Å². The van der Waals surface area contributed by atoms with Crippen molar-refractivity contribution in [3.8, 4) is 0 Å². The van der Waals surface area contributed by atoms with Crippen molar-refractivity contribution in [2.45, 2.75) is 20.0 Å². The third-order valence-electron chi connectivity index (χ3n) is 2.22. The van der Waals surface area contributed by atoms with E-state index >= 15 is 0 Å². The van der Waals surface area contributed by atoms with Crippen LogP contribution in [0, 0.1) is 13.8 Å². The first-order valence-corrected chi connectivity index (χ1v) is 5.74. The number of hydrogen-bond donors (Lipinski definition) is 3. The molecule has 0 spiro atoms. The van der Waals surface area contributed by atoms with Crippen LogP contribution in [0.2, 0.25) is 0 Å². The smallest absolute Gasteiger partial charge is 0.327 e. The predicted molar refractivity (Wildman–Crippen MR) is 58.2 cm³/mol. The van der Waals surface area contributed by atoms with Crippen LogP contribution >= 0.6 is 8.60 Å². The van der Waals surface area contributed by atoms with Gasteiger partial charge in [0.05, 0.1) is 6.61 Å². The summed E-state index contributed by atoms with van der Waals surface area (Å²) in [5, 5.41) is 9.79. The van der Waals surface area contributed by atoms with Crippen LogP contribution < -0.4 is 0 Å². The molecule has 0 heterocycles. The van der Waals surface area contributed by atoms with Gasteiger partial charge in [0.15, 0.2) is 0 Å². The molecule has 1 aromatic carbocycles. The van der Waals surface area contributed by atoms with E-state index in [1.807, 2.05) is 32.0 Å². The summed E-state index contributed by atoms with van der Waals surface area (Å²) in [5.74, 6) is 0. The third-order valence-corrected chi connectivity index (χ3v) is 2.60. The number of aliphatic hydroxyl groups is 1. The molecular weight excluding hydrogens is 215 g/mol. The number of benzene rings is 1. The molecule has 1 unspecified atom stereocenters. The second-order valence-electron chi connectivity index (χ2n) is 3.37. The lowest BCUT2D eigenvalue weighted by Crippen LogP contribution is -2.08. The molecule has 1 aromatic rings. The molecule has 0 fully saturated rings. The van der Waals surface area contributed by atoms with E-state index in [1.54, 1.807) is 0 Å². The first-order chi connectivity index (χ1) is 7.02. The summed E-state index contributed by atoms with van der Waals surface area (Å²) in [4.78, 5) is 17.1. The Kier molecular flexibility index (Phi) is 4.64. The van der Waals surface area contributed by atoms with E-state index in [0.717, 1.165) is 16.7 Å². The SMILES string of the molecule is Cc1cccc(C)c1C(O)COP(O)O. The first-order valence-electron chi connectivity index (χ1n) is 4.57. The Morgan fingerprint density at radius 2 is 1.80 bits per heavy atom. The zero-order valence-corrected chi connectivity index (χ0v) is 9.61. The van der Waals surface area contributed by atoms with Crippen LogP contribution in [0.4, 0.5) is 0 Å². The summed E-state index contributed by atoms with van der Waals surface area (Å²) in [6, 6.07) is 5.70. The van der Waals surface area contributed by atoms with Crippen molar-refractivity contribution in [2.24, 2.45) is 0 Å². The van der Waals surface area contributed by atoms with E-state index in [-0.39, 0.29) is 6.61 Å². The van der Waals surface area contributed by atoms with Gasteiger partial charge >= 0.3 is 8.60 Å². The molecule has 0 amide bonds. The maximum Gasteiger partial charge on any atom is 0.327 e. The largest absolute Gasteiger partial charge is 0.386 e. The molecule has 0 aromatic heterocycles. The molecule has 84 valence electrons. The van der Waals surface area contributed by atoms with Crippen LogP contribution in [-0.4, -0.2) is 21.5 Å². The molecule has 15 heavy (non-hydrogen) atoms. The van der Waals surface area contributed by atoms with Gasteiger partial charge < -0.3 is 19.4 Å². The highest BCUT2D eigenvalue weighted by molar-refractivity contribution is 7.39. The van der Waals surface area contributed by atoms with E-state index in [4.69, 9.17) is 9.79 Å². The fourth-order valence-corrected chi connectivity index (χ4v) is 1.85. The first kappa shape index (κ1) is 12.6. The van der Waals surface area contributed by atoms with E-state index in [9.17, 15) is 5.11 Å². The minimum Gasteiger partial charge on any atom is -0.386 e. The van der Waals surface area contributed by atoms with Gasteiger partial charge in [-0.15, -0.1) is 0 Å². The Labute approximate surface area is 90.1 Å². The molecule has 5 heteroatoms. The normalized spacial score (nSPS) is 13.2. The Hall–Kier alpha value is -0.510. The highest BCUT2D eigenvalue weighted by Gasteiger charge is 2.14. The van der Waals surface area contributed by atoms with Crippen LogP contribution in [0.1, 0.15) is 22.8 Å². The number of aliphatic hydroxyl groups excluding tert-OH is 1. The molecule has 1 rings (SSSR count). The molecule has 4 nitrogen and oxygen atoms in total. The summed E-state index contributed by atoms with van der Waals surface area (Å²) in [7, 11) is -2.40. The summed E-state index contributed by atoms with van der Waals surface area (Å²) < 4.78 is 4.59. The van der Waals surface area contributed by atoms with Crippen LogP contribution in [-0.2, 0) is 4.52 Å². The zero-order valence-electron chi connectivity index (χ0n) is 8.71. The summed E-state index contributed by atoms with van der Waals surface area (Å²) in [6.45, 7) is 3.68. The Morgan fingerprint density at radius 1 is 1.27 bits per heavy atom. The van der Waals surface area contributed by atoms with Crippen molar-refractivity contribution < 1.29 is 19.4 Å². The Balaban J connectivity index is 2.77. The zero-order chi connectivity index (χ0) is 11.4. The quantitative estimate of drug-likeness (QED) is 0.686. The molecular formula is C10H15O4P. The topological polar surface area (TPSA) is 69.9 Å². The summed E-state index contributed by atoms with van der Waals surface area (Å²) >= 11 is 0. The van der Waals surface area contributed by atoms with Gasteiger partial charge in [-0.25, -0.2) is 0 Å². The average molecular weight is 230 g/mol. The molecule has 0 radical (unpaired) electrons. The van der Waals surface area contributed by atoms with Crippen molar-refractivity contribution in [3.05, 3.63) is 34.9 Å². The van der Waals surface area contributed by atoms with Gasteiger partial charge in [0.1, 0.15) is 6.10 Å². The maximum atomic E-state index is 9.79. The standard InChI is InChI=1S/C10H15O4P/c1-7-4-3-5-8(2)10(7)9(11)6-14-15(12)13/h3-5,9,11-13H,6H2,1-2H3. The van der Waals surface area contributed by atoms with Crippen LogP contribution in [0.25, 0.3) is 0 Å². The number of rotatable bonds is 4. The Morgan fingerprint density at radius 3 is 2.27 bits per heavy atom. The number of aryl methyl sites for hydroxylation is 2. The van der Waals surface area contributed by atoms with E-state index in [2.05, 4.69) is 4.52 Å². The minimum atomic E-state index is -2.40. The monoisotopic (exact) mass is 230 g/mol. The number of hydrogen-bond acceptors (Lipinski definition) is 4. The van der Waals surface area contributed by atoms with Gasteiger partial charge in [0.2, 0.25) is 0 Å². The van der Waals surface area contributed by atoms with Crippen molar-refractivity contribution in [1.82, 2.24) is 0 Å². The lowest BCUT2D eigenvalue weighted by Gasteiger charge is -2.16. The molecule has 0 aliphatic carbocycles. The lowest BCUT2D eigenvalue weighted by atomic mass is 9.98. The predicted octanol–water partition coefficient (Wildman–Crippen LogP) is 1.56. The second kappa shape index (κ2) is 5.54. The maximum absolute atomic E-state index is 9.79. The molecule has 0 aliphatic heterocycles. The molecule has 0 saturated heterocycles. The van der Waals surface area contributed by atoms with Gasteiger partial charge in [-0.2, -0.15) is 0 Å². The molecule has 0 bridgehead atoms. The lowest BCUT2D eigenvalue weighted by molar-refractivity contribution is 0.0982. The fourth-order valence-electron chi connectivity index (χ4n) is 1.57. The second-order valence-corrected chi connectivity index (χ2v) is 4.13. The van der Waals surface area contributed by atoms with Gasteiger partial charge in [-0.05, 0) is 30.5 Å². The molecule has 0 aliphatic rings. The van der Waals surface area contributed by atoms with Crippen LogP contribution in [0.3, 0.4) is 0 Å². The molecule has 3 N–H and O–H groups in total. The van der Waals surface area contributed by atoms with Gasteiger partial charge in [-0.1, -0.05) is 18.2 Å². The summed E-state index contributed by atoms with van der Waals surface area (Å²) in [5.41, 5.74) is 2.71.